The topological polar surface area (TPSA) is 52.9 Å². The lowest BCUT2D eigenvalue weighted by Crippen LogP contribution is -2.49. The normalized spacial score (nSPS) is 25.7. The summed E-state index contributed by atoms with van der Waals surface area (Å²) in [6.45, 7) is 4.95. The van der Waals surface area contributed by atoms with Gasteiger partial charge in [-0.1, -0.05) is 19.1 Å². The van der Waals surface area contributed by atoms with Crippen LogP contribution in [0.5, 0.6) is 11.5 Å². The van der Waals surface area contributed by atoms with Crippen molar-refractivity contribution in [1.82, 2.24) is 4.90 Å². The van der Waals surface area contributed by atoms with E-state index in [2.05, 4.69) is 11.8 Å². The SMILES string of the molecule is CCCN1CCCC2c3ccc(CO)c(O)c3OCC21. The van der Waals surface area contributed by atoms with E-state index in [0.29, 0.717) is 29.9 Å². The van der Waals surface area contributed by atoms with Crippen LogP contribution in [-0.4, -0.2) is 40.9 Å². The molecule has 4 nitrogen and oxygen atoms in total. The van der Waals surface area contributed by atoms with Gasteiger partial charge in [-0.2, -0.15) is 0 Å². The minimum atomic E-state index is -0.154. The number of likely N-dealkylation sites (tertiary alicyclic amines) is 1. The molecule has 2 atom stereocenters. The van der Waals surface area contributed by atoms with Gasteiger partial charge < -0.3 is 14.9 Å². The summed E-state index contributed by atoms with van der Waals surface area (Å²) in [7, 11) is 0. The molecule has 0 aromatic heterocycles. The van der Waals surface area contributed by atoms with Crippen LogP contribution >= 0.6 is 0 Å². The third kappa shape index (κ3) is 2.17. The summed E-state index contributed by atoms with van der Waals surface area (Å²) in [5, 5.41) is 19.4. The Morgan fingerprint density at radius 3 is 3.00 bits per heavy atom. The highest BCUT2D eigenvalue weighted by atomic mass is 16.5. The fourth-order valence-electron chi connectivity index (χ4n) is 3.64. The van der Waals surface area contributed by atoms with E-state index in [-0.39, 0.29) is 12.4 Å². The minimum Gasteiger partial charge on any atom is -0.504 e. The van der Waals surface area contributed by atoms with Crippen LogP contribution in [-0.2, 0) is 6.61 Å². The Morgan fingerprint density at radius 2 is 2.25 bits per heavy atom. The number of aromatic hydroxyl groups is 1. The highest BCUT2D eigenvalue weighted by Gasteiger charge is 2.38. The van der Waals surface area contributed by atoms with Gasteiger partial charge in [0.25, 0.3) is 0 Å². The number of hydrogen-bond acceptors (Lipinski definition) is 4. The molecule has 1 fully saturated rings. The number of hydrogen-bond donors (Lipinski definition) is 2. The van der Waals surface area contributed by atoms with E-state index in [1.807, 2.05) is 12.1 Å². The van der Waals surface area contributed by atoms with Crippen molar-refractivity contribution in [2.75, 3.05) is 19.7 Å². The number of fused-ring (bicyclic) bond motifs is 3. The van der Waals surface area contributed by atoms with E-state index < -0.39 is 0 Å². The van der Waals surface area contributed by atoms with Crippen molar-refractivity contribution < 1.29 is 14.9 Å². The van der Waals surface area contributed by atoms with Gasteiger partial charge in [0.2, 0.25) is 0 Å². The third-order valence-electron chi connectivity index (χ3n) is 4.62. The predicted octanol–water partition coefficient (Wildman–Crippen LogP) is 2.23. The Kier molecular flexibility index (Phi) is 3.85. The number of benzene rings is 1. The molecule has 0 bridgehead atoms. The molecule has 0 aliphatic carbocycles. The number of aliphatic hydroxyl groups excluding tert-OH is 1. The highest BCUT2D eigenvalue weighted by molar-refractivity contribution is 5.53. The fraction of sp³-hybridized carbons (Fsp3) is 0.625. The largest absolute Gasteiger partial charge is 0.504 e. The molecule has 2 aliphatic rings. The first-order valence-corrected chi connectivity index (χ1v) is 7.58. The zero-order chi connectivity index (χ0) is 14.1. The Balaban J connectivity index is 1.94. The highest BCUT2D eigenvalue weighted by Crippen LogP contribution is 2.46. The second-order valence-electron chi connectivity index (χ2n) is 5.81. The Labute approximate surface area is 120 Å². The van der Waals surface area contributed by atoms with Crippen LogP contribution in [0.15, 0.2) is 12.1 Å². The monoisotopic (exact) mass is 277 g/mol. The maximum Gasteiger partial charge on any atom is 0.164 e. The van der Waals surface area contributed by atoms with Crippen molar-refractivity contribution in [3.8, 4) is 11.5 Å². The first-order valence-electron chi connectivity index (χ1n) is 7.58. The summed E-state index contributed by atoms with van der Waals surface area (Å²) >= 11 is 0. The number of aliphatic hydroxyl groups is 1. The molecule has 0 radical (unpaired) electrons. The van der Waals surface area contributed by atoms with Gasteiger partial charge in [-0.15, -0.1) is 0 Å². The second kappa shape index (κ2) is 5.62. The van der Waals surface area contributed by atoms with E-state index in [1.54, 1.807) is 0 Å². The molecular weight excluding hydrogens is 254 g/mol. The van der Waals surface area contributed by atoms with Gasteiger partial charge in [0, 0.05) is 17.0 Å². The number of nitrogens with zero attached hydrogens (tertiary/aromatic N) is 1. The lowest BCUT2D eigenvalue weighted by atomic mass is 9.81. The lowest BCUT2D eigenvalue weighted by molar-refractivity contribution is 0.0641. The van der Waals surface area contributed by atoms with Crippen LogP contribution in [0.4, 0.5) is 0 Å². The summed E-state index contributed by atoms with van der Waals surface area (Å²) in [6, 6.07) is 4.27. The zero-order valence-electron chi connectivity index (χ0n) is 12.0. The molecule has 1 aromatic carbocycles. The standard InChI is InChI=1S/C16H23NO3/c1-2-7-17-8-3-4-12-13-6-5-11(9-18)15(19)16(13)20-10-14(12)17/h5-6,12,14,18-19H,2-4,7-10H2,1H3. The second-order valence-corrected chi connectivity index (χ2v) is 5.81. The minimum absolute atomic E-state index is 0.121. The van der Waals surface area contributed by atoms with Gasteiger partial charge in [0.05, 0.1) is 12.6 Å². The summed E-state index contributed by atoms with van der Waals surface area (Å²) in [5.41, 5.74) is 1.65. The number of ether oxygens (including phenoxy) is 1. The van der Waals surface area contributed by atoms with Gasteiger partial charge in [0.15, 0.2) is 11.5 Å². The molecule has 4 heteroatoms. The van der Waals surface area contributed by atoms with E-state index in [9.17, 15) is 10.2 Å². The Bertz CT molecular complexity index is 487. The molecule has 110 valence electrons. The van der Waals surface area contributed by atoms with E-state index in [4.69, 9.17) is 4.74 Å². The quantitative estimate of drug-likeness (QED) is 0.889. The predicted molar refractivity (Wildman–Crippen MR) is 77.2 cm³/mol. The first-order chi connectivity index (χ1) is 9.76. The molecular formula is C16H23NO3. The fourth-order valence-corrected chi connectivity index (χ4v) is 3.64. The molecule has 1 aromatic rings. The molecule has 2 aliphatic heterocycles. The van der Waals surface area contributed by atoms with Crippen molar-refractivity contribution in [3.05, 3.63) is 23.3 Å². The Morgan fingerprint density at radius 1 is 1.40 bits per heavy atom. The molecule has 3 rings (SSSR count). The average Bonchev–Trinajstić information content (AvgIpc) is 2.48. The maximum atomic E-state index is 10.2. The van der Waals surface area contributed by atoms with Crippen LogP contribution < -0.4 is 4.74 Å². The summed E-state index contributed by atoms with van der Waals surface area (Å²) in [4.78, 5) is 2.52. The van der Waals surface area contributed by atoms with Crippen molar-refractivity contribution >= 4 is 0 Å². The van der Waals surface area contributed by atoms with E-state index in [1.165, 1.54) is 6.42 Å². The van der Waals surface area contributed by atoms with Crippen LogP contribution in [0.2, 0.25) is 0 Å². The number of piperidine rings is 1. The number of phenols is 1. The Hall–Kier alpha value is -1.26. The first kappa shape index (κ1) is 13.7. The molecule has 2 heterocycles. The van der Waals surface area contributed by atoms with E-state index >= 15 is 0 Å². The van der Waals surface area contributed by atoms with Crippen molar-refractivity contribution in [2.24, 2.45) is 0 Å². The van der Waals surface area contributed by atoms with Gasteiger partial charge in [0.1, 0.15) is 6.61 Å². The van der Waals surface area contributed by atoms with Crippen molar-refractivity contribution in [3.63, 3.8) is 0 Å². The van der Waals surface area contributed by atoms with Gasteiger partial charge >= 0.3 is 0 Å². The molecule has 2 unspecified atom stereocenters. The van der Waals surface area contributed by atoms with E-state index in [0.717, 1.165) is 31.5 Å². The van der Waals surface area contributed by atoms with Crippen LogP contribution in [0, 0.1) is 0 Å². The van der Waals surface area contributed by atoms with Gasteiger partial charge in [-0.3, -0.25) is 4.90 Å². The van der Waals surface area contributed by atoms with Gasteiger partial charge in [-0.25, -0.2) is 0 Å². The van der Waals surface area contributed by atoms with Crippen molar-refractivity contribution in [2.45, 2.75) is 44.8 Å². The summed E-state index contributed by atoms with van der Waals surface area (Å²) < 4.78 is 5.84. The number of rotatable bonds is 3. The maximum absolute atomic E-state index is 10.2. The van der Waals surface area contributed by atoms with Crippen LogP contribution in [0.25, 0.3) is 0 Å². The van der Waals surface area contributed by atoms with Crippen LogP contribution in [0.1, 0.15) is 43.2 Å². The van der Waals surface area contributed by atoms with Crippen LogP contribution in [0.3, 0.4) is 0 Å². The molecule has 20 heavy (non-hydrogen) atoms. The molecule has 1 saturated heterocycles. The average molecular weight is 277 g/mol. The molecule has 0 saturated carbocycles. The smallest absolute Gasteiger partial charge is 0.164 e. The molecule has 0 amide bonds. The van der Waals surface area contributed by atoms with Crippen molar-refractivity contribution in [1.29, 1.82) is 0 Å². The summed E-state index contributed by atoms with van der Waals surface area (Å²) in [6.07, 6.45) is 3.51. The molecule has 0 spiro atoms. The summed E-state index contributed by atoms with van der Waals surface area (Å²) in [5.74, 6) is 1.16. The zero-order valence-corrected chi connectivity index (χ0v) is 12.0. The lowest BCUT2D eigenvalue weighted by Gasteiger charge is -2.44. The molecule has 2 N–H and O–H groups in total. The van der Waals surface area contributed by atoms with Gasteiger partial charge in [-0.05, 0) is 32.4 Å². The third-order valence-corrected chi connectivity index (χ3v) is 4.62.